The van der Waals surface area contributed by atoms with Gasteiger partial charge in [0.1, 0.15) is 0 Å². The molecule has 0 unspecified atom stereocenters. The number of amides is 2. The van der Waals surface area contributed by atoms with Gasteiger partial charge in [-0.05, 0) is 35.9 Å². The second-order valence-corrected chi connectivity index (χ2v) is 8.34. The van der Waals surface area contributed by atoms with Crippen molar-refractivity contribution in [3.05, 3.63) is 102 Å². The summed E-state index contributed by atoms with van der Waals surface area (Å²) in [5, 5.41) is 4.82. The molecule has 4 rings (SSSR count). The zero-order chi connectivity index (χ0) is 26.2. The summed E-state index contributed by atoms with van der Waals surface area (Å²) in [6.07, 6.45) is 5.16. The standard InChI is InChI=1S/C29H28N4O4/c1-32(28(35)16-14-21-13-15-25(26(17-21)36-2)37-20-27(30)34)18-23-19-33(24-11-7-4-8-12-24)31-29(23)22-9-5-3-6-10-22/h3-17,19H,18,20H2,1-2H3,(H2,30,34). The summed E-state index contributed by atoms with van der Waals surface area (Å²) >= 11 is 0. The maximum absolute atomic E-state index is 12.9. The van der Waals surface area contributed by atoms with Crippen LogP contribution in [-0.2, 0) is 16.1 Å². The van der Waals surface area contributed by atoms with Crippen LogP contribution in [0.15, 0.2) is 91.1 Å². The van der Waals surface area contributed by atoms with Crippen molar-refractivity contribution >= 4 is 17.9 Å². The van der Waals surface area contributed by atoms with Gasteiger partial charge in [0.25, 0.3) is 5.91 Å². The van der Waals surface area contributed by atoms with Crippen LogP contribution in [0.5, 0.6) is 11.5 Å². The molecule has 0 aliphatic heterocycles. The van der Waals surface area contributed by atoms with Gasteiger partial charge in [-0.3, -0.25) is 9.59 Å². The third-order valence-corrected chi connectivity index (χ3v) is 5.62. The molecule has 0 aliphatic rings. The number of hydrogen-bond donors (Lipinski definition) is 1. The smallest absolute Gasteiger partial charge is 0.255 e. The first-order valence-corrected chi connectivity index (χ1v) is 11.7. The Hall–Kier alpha value is -4.85. The predicted octanol–water partition coefficient (Wildman–Crippen LogP) is 4.08. The number of ether oxygens (including phenoxy) is 2. The molecule has 0 aliphatic carbocycles. The van der Waals surface area contributed by atoms with Gasteiger partial charge in [0.2, 0.25) is 5.91 Å². The first kappa shape index (κ1) is 25.2. The van der Waals surface area contributed by atoms with E-state index in [1.165, 1.54) is 13.2 Å². The van der Waals surface area contributed by atoms with Crippen LogP contribution >= 0.6 is 0 Å². The Labute approximate surface area is 215 Å². The molecule has 0 spiro atoms. The van der Waals surface area contributed by atoms with Gasteiger partial charge in [0, 0.05) is 37.0 Å². The number of nitrogens with zero attached hydrogens (tertiary/aromatic N) is 3. The molecular weight excluding hydrogens is 468 g/mol. The summed E-state index contributed by atoms with van der Waals surface area (Å²) in [4.78, 5) is 25.6. The summed E-state index contributed by atoms with van der Waals surface area (Å²) in [6, 6.07) is 24.9. The van der Waals surface area contributed by atoms with Crippen molar-refractivity contribution in [3.8, 4) is 28.4 Å². The fourth-order valence-corrected chi connectivity index (χ4v) is 3.76. The molecule has 0 saturated carbocycles. The highest BCUT2D eigenvalue weighted by Gasteiger charge is 2.16. The maximum Gasteiger partial charge on any atom is 0.255 e. The maximum atomic E-state index is 12.9. The minimum Gasteiger partial charge on any atom is -0.493 e. The lowest BCUT2D eigenvalue weighted by molar-refractivity contribution is -0.125. The lowest BCUT2D eigenvalue weighted by Crippen LogP contribution is -2.24. The molecular formula is C29H28N4O4. The van der Waals surface area contributed by atoms with E-state index in [0.29, 0.717) is 18.0 Å². The van der Waals surface area contributed by atoms with Crippen molar-refractivity contribution in [2.24, 2.45) is 5.73 Å². The van der Waals surface area contributed by atoms with Crippen molar-refractivity contribution < 1.29 is 19.1 Å². The number of carbonyl (C=O) groups is 2. The van der Waals surface area contributed by atoms with Gasteiger partial charge in [-0.2, -0.15) is 5.10 Å². The van der Waals surface area contributed by atoms with Gasteiger partial charge in [-0.25, -0.2) is 4.68 Å². The number of rotatable bonds is 10. The number of methoxy groups -OCH3 is 1. The molecule has 1 aromatic heterocycles. The molecule has 0 fully saturated rings. The quantitative estimate of drug-likeness (QED) is 0.334. The van der Waals surface area contributed by atoms with E-state index in [0.717, 1.165) is 28.1 Å². The topological polar surface area (TPSA) is 99.7 Å². The molecule has 37 heavy (non-hydrogen) atoms. The third-order valence-electron chi connectivity index (χ3n) is 5.62. The number of benzene rings is 3. The van der Waals surface area contributed by atoms with Crippen LogP contribution in [0.4, 0.5) is 0 Å². The van der Waals surface area contributed by atoms with Gasteiger partial charge in [0.15, 0.2) is 18.1 Å². The second-order valence-electron chi connectivity index (χ2n) is 8.34. The van der Waals surface area contributed by atoms with Gasteiger partial charge < -0.3 is 20.1 Å². The number of nitrogens with two attached hydrogens (primary N) is 1. The average molecular weight is 497 g/mol. The zero-order valence-corrected chi connectivity index (χ0v) is 20.7. The Kier molecular flexibility index (Phi) is 8.00. The molecule has 8 heteroatoms. The number of carbonyl (C=O) groups excluding carboxylic acids is 2. The Morgan fingerprint density at radius 2 is 1.70 bits per heavy atom. The molecule has 2 N–H and O–H groups in total. The fraction of sp³-hybridized carbons (Fsp3) is 0.138. The van der Waals surface area contributed by atoms with E-state index in [-0.39, 0.29) is 12.5 Å². The molecule has 0 radical (unpaired) electrons. The molecule has 188 valence electrons. The zero-order valence-electron chi connectivity index (χ0n) is 20.7. The summed E-state index contributed by atoms with van der Waals surface area (Å²) in [7, 11) is 3.25. The molecule has 1 heterocycles. The van der Waals surface area contributed by atoms with Crippen molar-refractivity contribution in [3.63, 3.8) is 0 Å². The Bertz CT molecular complexity index is 1400. The first-order valence-electron chi connectivity index (χ1n) is 11.7. The van der Waals surface area contributed by atoms with E-state index in [4.69, 9.17) is 20.3 Å². The molecule has 0 bridgehead atoms. The number of primary amides is 1. The summed E-state index contributed by atoms with van der Waals surface area (Å²) in [5.41, 5.74) is 9.55. The molecule has 0 saturated heterocycles. The molecule has 2 amide bonds. The highest BCUT2D eigenvalue weighted by molar-refractivity contribution is 5.91. The summed E-state index contributed by atoms with van der Waals surface area (Å²) in [6.45, 7) is 0.129. The number of likely N-dealkylation sites (N-methyl/N-ethyl adjacent to an activating group) is 1. The highest BCUT2D eigenvalue weighted by Crippen LogP contribution is 2.29. The Morgan fingerprint density at radius 1 is 1.00 bits per heavy atom. The number of para-hydroxylation sites is 1. The predicted molar refractivity (Wildman–Crippen MR) is 142 cm³/mol. The number of hydrogen-bond acceptors (Lipinski definition) is 5. The van der Waals surface area contributed by atoms with Crippen LogP contribution in [-0.4, -0.2) is 47.3 Å². The SMILES string of the molecule is COc1cc(C=CC(=O)N(C)Cc2cn(-c3ccccc3)nc2-c2ccccc2)ccc1OCC(N)=O. The van der Waals surface area contributed by atoms with Gasteiger partial charge in [-0.15, -0.1) is 0 Å². The van der Waals surface area contributed by atoms with E-state index in [1.54, 1.807) is 36.2 Å². The van der Waals surface area contributed by atoms with Crippen molar-refractivity contribution in [1.29, 1.82) is 0 Å². The van der Waals surface area contributed by atoms with Crippen LogP contribution < -0.4 is 15.2 Å². The minimum atomic E-state index is -0.579. The van der Waals surface area contributed by atoms with Crippen LogP contribution in [0.3, 0.4) is 0 Å². The van der Waals surface area contributed by atoms with E-state index in [9.17, 15) is 9.59 Å². The van der Waals surface area contributed by atoms with Crippen molar-refractivity contribution in [2.45, 2.75) is 6.54 Å². The second kappa shape index (κ2) is 11.7. The van der Waals surface area contributed by atoms with Gasteiger partial charge in [0.05, 0.1) is 18.5 Å². The van der Waals surface area contributed by atoms with Crippen LogP contribution in [0, 0.1) is 0 Å². The van der Waals surface area contributed by atoms with Crippen LogP contribution in [0.2, 0.25) is 0 Å². The van der Waals surface area contributed by atoms with E-state index in [2.05, 4.69) is 0 Å². The lowest BCUT2D eigenvalue weighted by atomic mass is 10.1. The minimum absolute atomic E-state index is 0.167. The van der Waals surface area contributed by atoms with Crippen molar-refractivity contribution in [1.82, 2.24) is 14.7 Å². The number of aromatic nitrogens is 2. The van der Waals surface area contributed by atoms with Gasteiger partial charge in [-0.1, -0.05) is 54.6 Å². The summed E-state index contributed by atoms with van der Waals surface area (Å²) < 4.78 is 12.5. The summed E-state index contributed by atoms with van der Waals surface area (Å²) in [5.74, 6) is 0.0830. The Balaban J connectivity index is 1.51. The van der Waals surface area contributed by atoms with Gasteiger partial charge >= 0.3 is 0 Å². The largest absolute Gasteiger partial charge is 0.493 e. The molecule has 8 nitrogen and oxygen atoms in total. The Morgan fingerprint density at radius 3 is 2.38 bits per heavy atom. The van der Waals surface area contributed by atoms with Crippen molar-refractivity contribution in [2.75, 3.05) is 20.8 Å². The van der Waals surface area contributed by atoms with Crippen LogP contribution in [0.1, 0.15) is 11.1 Å². The molecule has 0 atom stereocenters. The normalized spacial score (nSPS) is 10.9. The van der Waals surface area contributed by atoms with E-state index >= 15 is 0 Å². The molecule has 3 aromatic carbocycles. The monoisotopic (exact) mass is 496 g/mol. The van der Waals surface area contributed by atoms with E-state index in [1.807, 2.05) is 71.5 Å². The lowest BCUT2D eigenvalue weighted by Gasteiger charge is -2.15. The molecule has 4 aromatic rings. The average Bonchev–Trinajstić information content (AvgIpc) is 3.35. The fourth-order valence-electron chi connectivity index (χ4n) is 3.76. The van der Waals surface area contributed by atoms with Crippen LogP contribution in [0.25, 0.3) is 23.0 Å². The first-order chi connectivity index (χ1) is 17.9. The highest BCUT2D eigenvalue weighted by atomic mass is 16.5. The van der Waals surface area contributed by atoms with E-state index < -0.39 is 5.91 Å². The third kappa shape index (κ3) is 6.43.